The zero-order chi connectivity index (χ0) is 17.1. The molecule has 0 unspecified atom stereocenters. The van der Waals surface area contributed by atoms with E-state index in [4.69, 9.17) is 0 Å². The summed E-state index contributed by atoms with van der Waals surface area (Å²) in [6, 6.07) is 9.60. The van der Waals surface area contributed by atoms with E-state index in [9.17, 15) is 13.2 Å². The van der Waals surface area contributed by atoms with Crippen molar-refractivity contribution in [3.8, 4) is 0 Å². The number of rotatable bonds is 6. The summed E-state index contributed by atoms with van der Waals surface area (Å²) >= 11 is 0.811. The van der Waals surface area contributed by atoms with Gasteiger partial charge in [-0.3, -0.25) is 4.79 Å². The molecular weight excluding hydrogens is 336 g/mol. The second-order valence-corrected chi connectivity index (χ2v) is 8.54. The fourth-order valence-electron chi connectivity index (χ4n) is 2.07. The van der Waals surface area contributed by atoms with Crippen molar-refractivity contribution in [2.75, 3.05) is 5.32 Å². The number of aromatic nitrogens is 2. The predicted molar refractivity (Wildman–Crippen MR) is 88.8 cm³/mol. The smallest absolute Gasteiger partial charge is 0.270 e. The number of hydrogen-bond donors (Lipinski definition) is 2. The van der Waals surface area contributed by atoms with E-state index in [1.54, 1.807) is 13.8 Å². The third kappa shape index (κ3) is 5.08. The Morgan fingerprint density at radius 3 is 2.48 bits per heavy atom. The highest BCUT2D eigenvalue weighted by Gasteiger charge is 2.29. The van der Waals surface area contributed by atoms with Crippen LogP contribution in [-0.2, 0) is 21.2 Å². The van der Waals surface area contributed by atoms with E-state index in [0.29, 0.717) is 6.42 Å². The number of benzene rings is 1. The van der Waals surface area contributed by atoms with Gasteiger partial charge in [-0.05, 0) is 25.8 Å². The number of amides is 1. The number of anilines is 1. The molecule has 0 atom stereocenters. The lowest BCUT2D eigenvalue weighted by atomic mass is 9.96. The number of nitrogens with one attached hydrogen (secondary N) is 2. The van der Waals surface area contributed by atoms with E-state index in [1.165, 1.54) is 6.92 Å². The second kappa shape index (κ2) is 6.73. The maximum absolute atomic E-state index is 12.4. The molecule has 0 radical (unpaired) electrons. The highest BCUT2D eigenvalue weighted by Crippen LogP contribution is 2.22. The average Bonchev–Trinajstić information content (AvgIpc) is 2.86. The standard InChI is InChI=1S/C14H18N4O3S2/c1-10(19)15-12-16-17-13(22-12)23(20,21)18-14(2,3)9-11-7-5-4-6-8-11/h4-8,18H,9H2,1-3H3,(H,15,16,19). The van der Waals surface area contributed by atoms with Gasteiger partial charge in [-0.15, -0.1) is 10.2 Å². The van der Waals surface area contributed by atoms with Gasteiger partial charge in [0.1, 0.15) is 0 Å². The molecule has 0 aliphatic carbocycles. The molecule has 2 aromatic rings. The molecule has 0 aliphatic heterocycles. The third-order valence-electron chi connectivity index (χ3n) is 2.82. The lowest BCUT2D eigenvalue weighted by molar-refractivity contribution is -0.114. The van der Waals surface area contributed by atoms with Crippen molar-refractivity contribution in [2.45, 2.75) is 37.1 Å². The van der Waals surface area contributed by atoms with Crippen LogP contribution in [0, 0.1) is 0 Å². The lowest BCUT2D eigenvalue weighted by Crippen LogP contribution is -2.44. The highest BCUT2D eigenvalue weighted by atomic mass is 32.2. The summed E-state index contributed by atoms with van der Waals surface area (Å²) in [6.45, 7) is 4.91. The largest absolute Gasteiger partial charge is 0.301 e. The molecule has 23 heavy (non-hydrogen) atoms. The summed E-state index contributed by atoms with van der Waals surface area (Å²) in [6.07, 6.45) is 0.532. The third-order valence-corrected chi connectivity index (χ3v) is 5.72. The summed E-state index contributed by atoms with van der Waals surface area (Å²) in [5, 5.41) is 9.85. The Hall–Kier alpha value is -1.84. The Labute approximate surface area is 139 Å². The minimum absolute atomic E-state index is 0.152. The van der Waals surface area contributed by atoms with Gasteiger partial charge in [0.05, 0.1) is 0 Å². The molecule has 1 aromatic carbocycles. The van der Waals surface area contributed by atoms with Crippen molar-refractivity contribution in [3.63, 3.8) is 0 Å². The molecule has 2 N–H and O–H groups in total. The highest BCUT2D eigenvalue weighted by molar-refractivity contribution is 7.91. The van der Waals surface area contributed by atoms with Gasteiger partial charge in [-0.25, -0.2) is 13.1 Å². The van der Waals surface area contributed by atoms with Crippen molar-refractivity contribution in [1.29, 1.82) is 0 Å². The van der Waals surface area contributed by atoms with E-state index < -0.39 is 15.6 Å². The predicted octanol–water partition coefficient (Wildman–Crippen LogP) is 1.80. The van der Waals surface area contributed by atoms with Crippen LogP contribution in [0.2, 0.25) is 0 Å². The quantitative estimate of drug-likeness (QED) is 0.770. The van der Waals surface area contributed by atoms with Gasteiger partial charge < -0.3 is 5.32 Å². The zero-order valence-electron chi connectivity index (χ0n) is 13.0. The van der Waals surface area contributed by atoms with Gasteiger partial charge in [-0.2, -0.15) is 0 Å². The van der Waals surface area contributed by atoms with Crippen LogP contribution < -0.4 is 10.0 Å². The van der Waals surface area contributed by atoms with E-state index in [-0.39, 0.29) is 15.4 Å². The Balaban J connectivity index is 2.13. The van der Waals surface area contributed by atoms with Gasteiger partial charge in [0.2, 0.25) is 15.4 Å². The molecule has 0 spiro atoms. The van der Waals surface area contributed by atoms with E-state index in [1.807, 2.05) is 30.3 Å². The topological polar surface area (TPSA) is 101 Å². The first-order valence-electron chi connectivity index (χ1n) is 6.87. The monoisotopic (exact) mass is 354 g/mol. The van der Waals surface area contributed by atoms with Crippen molar-refractivity contribution in [2.24, 2.45) is 0 Å². The normalized spacial score (nSPS) is 12.1. The number of hydrogen-bond acceptors (Lipinski definition) is 6. The van der Waals surface area contributed by atoms with Crippen LogP contribution in [0.1, 0.15) is 26.3 Å². The second-order valence-electron chi connectivity index (χ2n) is 5.71. The maximum Gasteiger partial charge on any atom is 0.270 e. The minimum Gasteiger partial charge on any atom is -0.301 e. The molecule has 9 heteroatoms. The first-order chi connectivity index (χ1) is 10.7. The molecule has 0 saturated carbocycles. The van der Waals surface area contributed by atoms with Gasteiger partial charge in [0, 0.05) is 12.5 Å². The van der Waals surface area contributed by atoms with Crippen LogP contribution in [-0.4, -0.2) is 30.1 Å². The molecule has 1 heterocycles. The number of carbonyl (C=O) groups excluding carboxylic acids is 1. The molecule has 0 bridgehead atoms. The Kier molecular flexibility index (Phi) is 5.12. The number of sulfonamides is 1. The Morgan fingerprint density at radius 2 is 1.87 bits per heavy atom. The molecule has 1 aromatic heterocycles. The summed E-state index contributed by atoms with van der Waals surface area (Å²) in [4.78, 5) is 11.0. The fourth-order valence-corrected chi connectivity index (χ4v) is 4.43. The molecule has 0 fully saturated rings. The summed E-state index contributed by atoms with van der Waals surface area (Å²) in [5.74, 6) is -0.331. The van der Waals surface area contributed by atoms with Crippen LogP contribution >= 0.6 is 11.3 Å². The van der Waals surface area contributed by atoms with Crippen LogP contribution in [0.4, 0.5) is 5.13 Å². The maximum atomic E-state index is 12.4. The molecule has 124 valence electrons. The van der Waals surface area contributed by atoms with E-state index >= 15 is 0 Å². The number of carbonyl (C=O) groups is 1. The van der Waals surface area contributed by atoms with Crippen LogP contribution in [0.15, 0.2) is 34.7 Å². The van der Waals surface area contributed by atoms with E-state index in [2.05, 4.69) is 20.2 Å². The van der Waals surface area contributed by atoms with Crippen molar-refractivity contribution < 1.29 is 13.2 Å². The van der Waals surface area contributed by atoms with Gasteiger partial charge >= 0.3 is 0 Å². The first kappa shape index (κ1) is 17.5. The first-order valence-corrected chi connectivity index (χ1v) is 9.17. The van der Waals surface area contributed by atoms with Crippen LogP contribution in [0.3, 0.4) is 0 Å². The van der Waals surface area contributed by atoms with E-state index in [0.717, 1.165) is 16.9 Å². The SMILES string of the molecule is CC(=O)Nc1nnc(S(=O)(=O)NC(C)(C)Cc2ccccc2)s1. The lowest BCUT2D eigenvalue weighted by Gasteiger charge is -2.25. The van der Waals surface area contributed by atoms with Crippen LogP contribution in [0.5, 0.6) is 0 Å². The van der Waals surface area contributed by atoms with Gasteiger partial charge in [0.25, 0.3) is 10.0 Å². The number of nitrogens with zero attached hydrogens (tertiary/aromatic N) is 2. The summed E-state index contributed by atoms with van der Waals surface area (Å²) < 4.78 is 27.3. The average molecular weight is 354 g/mol. The van der Waals surface area contributed by atoms with Gasteiger partial charge in [-0.1, -0.05) is 41.7 Å². The molecule has 1 amide bonds. The molecular formula is C14H18N4O3S2. The Morgan fingerprint density at radius 1 is 1.22 bits per heavy atom. The summed E-state index contributed by atoms with van der Waals surface area (Å²) in [7, 11) is -3.81. The van der Waals surface area contributed by atoms with Gasteiger partial charge in [0.15, 0.2) is 0 Å². The molecule has 7 nitrogen and oxygen atoms in total. The summed E-state index contributed by atoms with van der Waals surface area (Å²) in [5.41, 5.74) is 0.330. The van der Waals surface area contributed by atoms with Crippen molar-refractivity contribution in [1.82, 2.24) is 14.9 Å². The Bertz CT molecular complexity index is 785. The minimum atomic E-state index is -3.81. The molecule has 2 rings (SSSR count). The molecule has 0 saturated heterocycles. The fraction of sp³-hybridized carbons (Fsp3) is 0.357. The zero-order valence-corrected chi connectivity index (χ0v) is 14.7. The van der Waals surface area contributed by atoms with Crippen LogP contribution in [0.25, 0.3) is 0 Å². The van der Waals surface area contributed by atoms with Crippen molar-refractivity contribution in [3.05, 3.63) is 35.9 Å². The van der Waals surface area contributed by atoms with Crippen molar-refractivity contribution >= 4 is 32.4 Å². The molecule has 0 aliphatic rings.